The van der Waals surface area contributed by atoms with Gasteiger partial charge in [-0.15, -0.1) is 0 Å². The van der Waals surface area contributed by atoms with Gasteiger partial charge in [-0.2, -0.15) is 0 Å². The zero-order chi connectivity index (χ0) is 12.7. The van der Waals surface area contributed by atoms with E-state index in [4.69, 9.17) is 4.74 Å². The zero-order valence-electron chi connectivity index (χ0n) is 10.2. The second-order valence-electron chi connectivity index (χ2n) is 3.78. The molecule has 0 spiro atoms. The quantitative estimate of drug-likeness (QED) is 0.624. The van der Waals surface area contributed by atoms with E-state index in [0.717, 1.165) is 16.9 Å². The van der Waals surface area contributed by atoms with Crippen LogP contribution in [-0.2, 0) is 4.79 Å². The maximum atomic E-state index is 11.4. The van der Waals surface area contributed by atoms with Crippen LogP contribution < -0.4 is 10.1 Å². The van der Waals surface area contributed by atoms with Crippen LogP contribution in [0.15, 0.2) is 42.5 Å². The van der Waals surface area contributed by atoms with E-state index in [1.54, 1.807) is 13.2 Å². The number of carbonyl (C=O) groups is 1. The van der Waals surface area contributed by atoms with E-state index in [-0.39, 0.29) is 5.91 Å². The monoisotopic (exact) mass is 231 g/mol. The number of carbonyl (C=O) groups excluding carboxylic acids is 1. The number of methoxy groups -OCH3 is 1. The van der Waals surface area contributed by atoms with E-state index in [0.29, 0.717) is 6.54 Å². The summed E-state index contributed by atoms with van der Waals surface area (Å²) in [6, 6.07) is 7.51. The first-order valence-electron chi connectivity index (χ1n) is 5.36. The molecule has 0 unspecified atom stereocenters. The largest absolute Gasteiger partial charge is 0.497 e. The molecule has 0 saturated heterocycles. The Bertz CT molecular complexity index is 436. The molecule has 0 bridgehead atoms. The molecule has 0 radical (unpaired) electrons. The Morgan fingerprint density at radius 3 is 2.94 bits per heavy atom. The minimum absolute atomic E-state index is 0.129. The highest BCUT2D eigenvalue weighted by molar-refractivity contribution is 5.91. The fourth-order valence-electron chi connectivity index (χ4n) is 1.21. The molecule has 3 heteroatoms. The molecule has 1 amide bonds. The average molecular weight is 231 g/mol. The molecule has 3 nitrogen and oxygen atoms in total. The molecule has 90 valence electrons. The molecule has 1 rings (SSSR count). The molecular weight excluding hydrogens is 214 g/mol. The van der Waals surface area contributed by atoms with Crippen LogP contribution in [0, 0.1) is 0 Å². The Labute approximate surface area is 102 Å². The number of hydrogen-bond donors (Lipinski definition) is 1. The summed E-state index contributed by atoms with van der Waals surface area (Å²) in [5.74, 6) is 0.644. The summed E-state index contributed by atoms with van der Waals surface area (Å²) in [6.07, 6.45) is 3.24. The first-order chi connectivity index (χ1) is 8.11. The van der Waals surface area contributed by atoms with Crippen LogP contribution in [-0.4, -0.2) is 19.6 Å². The second kappa shape index (κ2) is 6.53. The SMILES string of the molecule is C=C(C)CNC(=O)/C=C/c1cccc(OC)c1. The van der Waals surface area contributed by atoms with E-state index < -0.39 is 0 Å². The number of benzene rings is 1. The van der Waals surface area contributed by atoms with Gasteiger partial charge in [0.25, 0.3) is 0 Å². The number of nitrogens with one attached hydrogen (secondary N) is 1. The fraction of sp³-hybridized carbons (Fsp3) is 0.214. The first-order valence-corrected chi connectivity index (χ1v) is 5.36. The molecule has 0 aliphatic heterocycles. The third-order valence-corrected chi connectivity index (χ3v) is 2.09. The van der Waals surface area contributed by atoms with Crippen molar-refractivity contribution in [3.63, 3.8) is 0 Å². The van der Waals surface area contributed by atoms with E-state index in [2.05, 4.69) is 11.9 Å². The molecule has 0 aromatic heterocycles. The van der Waals surface area contributed by atoms with E-state index in [1.807, 2.05) is 31.2 Å². The molecule has 0 atom stereocenters. The predicted molar refractivity (Wildman–Crippen MR) is 69.9 cm³/mol. The lowest BCUT2D eigenvalue weighted by Crippen LogP contribution is -2.22. The van der Waals surface area contributed by atoms with Crippen molar-refractivity contribution in [3.8, 4) is 5.75 Å². The zero-order valence-corrected chi connectivity index (χ0v) is 10.2. The topological polar surface area (TPSA) is 38.3 Å². The summed E-state index contributed by atoms with van der Waals surface area (Å²) >= 11 is 0. The Kier molecular flexibility index (Phi) is 5.01. The van der Waals surface area contributed by atoms with Crippen molar-refractivity contribution in [3.05, 3.63) is 48.1 Å². The van der Waals surface area contributed by atoms with Gasteiger partial charge in [0.15, 0.2) is 0 Å². The van der Waals surface area contributed by atoms with Gasteiger partial charge < -0.3 is 10.1 Å². The minimum Gasteiger partial charge on any atom is -0.497 e. The van der Waals surface area contributed by atoms with Crippen molar-refractivity contribution in [1.29, 1.82) is 0 Å². The van der Waals surface area contributed by atoms with Crippen molar-refractivity contribution < 1.29 is 9.53 Å². The van der Waals surface area contributed by atoms with Gasteiger partial charge in [0.1, 0.15) is 5.75 Å². The van der Waals surface area contributed by atoms with Crippen LogP contribution in [0.1, 0.15) is 12.5 Å². The molecule has 1 aromatic rings. The number of amides is 1. The average Bonchev–Trinajstić information content (AvgIpc) is 2.34. The van der Waals surface area contributed by atoms with E-state index in [9.17, 15) is 4.79 Å². The third kappa shape index (κ3) is 5.02. The van der Waals surface area contributed by atoms with Crippen molar-refractivity contribution >= 4 is 12.0 Å². The normalized spacial score (nSPS) is 10.2. The molecular formula is C14H17NO2. The Hall–Kier alpha value is -2.03. The molecule has 1 aromatic carbocycles. The van der Waals surface area contributed by atoms with E-state index >= 15 is 0 Å². The van der Waals surface area contributed by atoms with Gasteiger partial charge in [-0.05, 0) is 30.7 Å². The van der Waals surface area contributed by atoms with Crippen molar-refractivity contribution in [1.82, 2.24) is 5.32 Å². The maximum Gasteiger partial charge on any atom is 0.244 e. The number of hydrogen-bond acceptors (Lipinski definition) is 2. The van der Waals surface area contributed by atoms with Crippen LogP contribution in [0.3, 0.4) is 0 Å². The standard InChI is InChI=1S/C14H17NO2/c1-11(2)10-15-14(16)8-7-12-5-4-6-13(9-12)17-3/h4-9H,1,10H2,2-3H3,(H,15,16)/b8-7+. The second-order valence-corrected chi connectivity index (χ2v) is 3.78. The Balaban J connectivity index is 2.57. The molecule has 0 fully saturated rings. The Morgan fingerprint density at radius 1 is 1.53 bits per heavy atom. The van der Waals surface area contributed by atoms with Crippen LogP contribution in [0.2, 0.25) is 0 Å². The van der Waals surface area contributed by atoms with Crippen molar-refractivity contribution in [2.45, 2.75) is 6.92 Å². The highest BCUT2D eigenvalue weighted by atomic mass is 16.5. The van der Waals surface area contributed by atoms with Gasteiger partial charge in [-0.1, -0.05) is 24.3 Å². The summed E-state index contributed by atoms with van der Waals surface area (Å²) < 4.78 is 5.09. The number of rotatable bonds is 5. The lowest BCUT2D eigenvalue weighted by molar-refractivity contribution is -0.116. The van der Waals surface area contributed by atoms with Crippen molar-refractivity contribution in [2.75, 3.05) is 13.7 Å². The van der Waals surface area contributed by atoms with Crippen LogP contribution in [0.4, 0.5) is 0 Å². The summed E-state index contributed by atoms with van der Waals surface area (Å²) in [5.41, 5.74) is 1.85. The summed E-state index contributed by atoms with van der Waals surface area (Å²) in [4.78, 5) is 11.4. The van der Waals surface area contributed by atoms with Gasteiger partial charge in [0.2, 0.25) is 5.91 Å². The summed E-state index contributed by atoms with van der Waals surface area (Å²) in [6.45, 7) is 6.08. The Morgan fingerprint density at radius 2 is 2.29 bits per heavy atom. The third-order valence-electron chi connectivity index (χ3n) is 2.09. The maximum absolute atomic E-state index is 11.4. The molecule has 1 N–H and O–H groups in total. The molecule has 17 heavy (non-hydrogen) atoms. The molecule has 0 aliphatic rings. The highest BCUT2D eigenvalue weighted by Crippen LogP contribution is 2.13. The minimum atomic E-state index is -0.129. The summed E-state index contributed by atoms with van der Waals surface area (Å²) in [7, 11) is 1.61. The predicted octanol–water partition coefficient (Wildman–Crippen LogP) is 2.40. The fourth-order valence-corrected chi connectivity index (χ4v) is 1.21. The summed E-state index contributed by atoms with van der Waals surface area (Å²) in [5, 5.41) is 2.72. The molecule has 0 saturated carbocycles. The smallest absolute Gasteiger partial charge is 0.244 e. The van der Waals surface area contributed by atoms with Gasteiger partial charge in [0.05, 0.1) is 7.11 Å². The highest BCUT2D eigenvalue weighted by Gasteiger charge is 1.95. The van der Waals surface area contributed by atoms with Crippen LogP contribution >= 0.6 is 0 Å². The number of ether oxygens (including phenoxy) is 1. The molecule has 0 aliphatic carbocycles. The van der Waals surface area contributed by atoms with Gasteiger partial charge in [0, 0.05) is 12.6 Å². The van der Waals surface area contributed by atoms with E-state index in [1.165, 1.54) is 6.08 Å². The van der Waals surface area contributed by atoms with Crippen LogP contribution in [0.5, 0.6) is 5.75 Å². The first kappa shape index (κ1) is 13.0. The van der Waals surface area contributed by atoms with Gasteiger partial charge >= 0.3 is 0 Å². The lowest BCUT2D eigenvalue weighted by Gasteiger charge is -2.01. The van der Waals surface area contributed by atoms with Crippen molar-refractivity contribution in [2.24, 2.45) is 0 Å². The van der Waals surface area contributed by atoms with Gasteiger partial charge in [-0.25, -0.2) is 0 Å². The molecule has 0 heterocycles. The lowest BCUT2D eigenvalue weighted by atomic mass is 10.2. The van der Waals surface area contributed by atoms with Gasteiger partial charge in [-0.3, -0.25) is 4.79 Å². The van der Waals surface area contributed by atoms with Crippen LogP contribution in [0.25, 0.3) is 6.08 Å².